The molecule has 1 amide bonds. The van der Waals surface area contributed by atoms with Crippen LogP contribution in [0.25, 0.3) is 0 Å². The summed E-state index contributed by atoms with van der Waals surface area (Å²) in [6.45, 7) is 0.357. The third-order valence-electron chi connectivity index (χ3n) is 2.43. The quantitative estimate of drug-likeness (QED) is 0.626. The maximum Gasteiger partial charge on any atom is 0.270 e. The summed E-state index contributed by atoms with van der Waals surface area (Å²) in [7, 11) is 0. The van der Waals surface area contributed by atoms with Gasteiger partial charge in [0.15, 0.2) is 0 Å². The van der Waals surface area contributed by atoms with Gasteiger partial charge in [0.05, 0.1) is 4.92 Å². The highest BCUT2D eigenvalue weighted by Gasteiger charge is 2.11. The summed E-state index contributed by atoms with van der Waals surface area (Å²) in [5, 5.41) is 21.9. The largest absolute Gasteiger partial charge is 0.374 e. The standard InChI is InChI=1S/C11H11N5O3S/c12-11-15-14-9(20-11)4-5-13-10(17)7-2-1-3-8(6-7)16(18)19/h1-3,6H,4-5H2,(H2,12,15)(H,13,17). The highest BCUT2D eigenvalue weighted by atomic mass is 32.1. The van der Waals surface area contributed by atoms with Crippen LogP contribution in [0.15, 0.2) is 24.3 Å². The number of aromatic nitrogens is 2. The van der Waals surface area contributed by atoms with Crippen LogP contribution in [-0.4, -0.2) is 27.6 Å². The Hall–Kier alpha value is -2.55. The van der Waals surface area contributed by atoms with Crippen molar-refractivity contribution in [1.29, 1.82) is 0 Å². The molecular formula is C11H11N5O3S. The van der Waals surface area contributed by atoms with Crippen LogP contribution in [0.5, 0.6) is 0 Å². The molecule has 0 radical (unpaired) electrons. The van der Waals surface area contributed by atoms with Crippen LogP contribution < -0.4 is 11.1 Å². The van der Waals surface area contributed by atoms with Gasteiger partial charge in [-0.1, -0.05) is 17.4 Å². The van der Waals surface area contributed by atoms with Gasteiger partial charge < -0.3 is 11.1 Å². The van der Waals surface area contributed by atoms with Gasteiger partial charge in [-0.2, -0.15) is 0 Å². The smallest absolute Gasteiger partial charge is 0.270 e. The number of nitrogens with two attached hydrogens (primary N) is 1. The molecule has 0 saturated carbocycles. The molecule has 1 heterocycles. The summed E-state index contributed by atoms with van der Waals surface area (Å²) < 4.78 is 0. The summed E-state index contributed by atoms with van der Waals surface area (Å²) >= 11 is 1.26. The van der Waals surface area contributed by atoms with Crippen molar-refractivity contribution in [2.24, 2.45) is 0 Å². The third-order valence-corrected chi connectivity index (χ3v) is 3.24. The molecule has 8 nitrogen and oxygen atoms in total. The first-order valence-electron chi connectivity index (χ1n) is 5.67. The predicted molar refractivity (Wildman–Crippen MR) is 73.5 cm³/mol. The number of hydrogen-bond acceptors (Lipinski definition) is 7. The average Bonchev–Trinajstić information content (AvgIpc) is 2.84. The Labute approximate surface area is 117 Å². The third kappa shape index (κ3) is 3.48. The summed E-state index contributed by atoms with van der Waals surface area (Å²) in [5.41, 5.74) is 5.57. The van der Waals surface area contributed by atoms with Gasteiger partial charge in [-0.25, -0.2) is 0 Å². The Balaban J connectivity index is 1.91. The molecule has 0 spiro atoms. The van der Waals surface area contributed by atoms with E-state index in [0.29, 0.717) is 18.1 Å². The minimum atomic E-state index is -0.541. The number of amides is 1. The van der Waals surface area contributed by atoms with Gasteiger partial charge in [-0.3, -0.25) is 14.9 Å². The van der Waals surface area contributed by atoms with Crippen LogP contribution in [0.3, 0.4) is 0 Å². The molecule has 9 heteroatoms. The van der Waals surface area contributed by atoms with Gasteiger partial charge in [-0.15, -0.1) is 10.2 Å². The first-order chi connectivity index (χ1) is 9.56. The van der Waals surface area contributed by atoms with Gasteiger partial charge in [0.1, 0.15) is 5.01 Å². The Morgan fingerprint density at radius 3 is 2.90 bits per heavy atom. The number of benzene rings is 1. The Bertz CT molecular complexity index is 642. The molecular weight excluding hydrogens is 282 g/mol. The molecule has 0 aliphatic rings. The van der Waals surface area contributed by atoms with Gasteiger partial charge >= 0.3 is 0 Å². The number of nitrogens with one attached hydrogen (secondary N) is 1. The number of non-ortho nitro benzene ring substituents is 1. The van der Waals surface area contributed by atoms with Crippen LogP contribution in [-0.2, 0) is 6.42 Å². The normalized spacial score (nSPS) is 10.2. The zero-order valence-corrected chi connectivity index (χ0v) is 11.1. The lowest BCUT2D eigenvalue weighted by molar-refractivity contribution is -0.384. The first kappa shape index (κ1) is 13.9. The Morgan fingerprint density at radius 1 is 1.45 bits per heavy atom. The summed E-state index contributed by atoms with van der Waals surface area (Å²) in [6.07, 6.45) is 0.509. The minimum absolute atomic E-state index is 0.116. The molecule has 0 aliphatic heterocycles. The van der Waals surface area contributed by atoms with E-state index in [2.05, 4.69) is 15.5 Å². The molecule has 0 atom stereocenters. The Morgan fingerprint density at radius 2 is 2.25 bits per heavy atom. The van der Waals surface area contributed by atoms with E-state index in [4.69, 9.17) is 5.73 Å². The second-order valence-electron chi connectivity index (χ2n) is 3.85. The van der Waals surface area contributed by atoms with Crippen molar-refractivity contribution in [3.05, 3.63) is 45.0 Å². The van der Waals surface area contributed by atoms with Crippen LogP contribution in [0.4, 0.5) is 10.8 Å². The summed E-state index contributed by atoms with van der Waals surface area (Å²) in [6, 6.07) is 5.56. The zero-order valence-electron chi connectivity index (χ0n) is 10.3. The molecule has 0 bridgehead atoms. The number of nitrogens with zero attached hydrogens (tertiary/aromatic N) is 3. The minimum Gasteiger partial charge on any atom is -0.374 e. The SMILES string of the molecule is Nc1nnc(CCNC(=O)c2cccc([N+](=O)[O-])c2)s1. The molecule has 0 saturated heterocycles. The summed E-state index contributed by atoms with van der Waals surface area (Å²) in [5.74, 6) is -0.369. The van der Waals surface area contributed by atoms with E-state index in [9.17, 15) is 14.9 Å². The number of anilines is 1. The molecule has 2 rings (SSSR count). The fourth-order valence-corrected chi connectivity index (χ4v) is 2.12. The lowest BCUT2D eigenvalue weighted by Crippen LogP contribution is -2.25. The highest BCUT2D eigenvalue weighted by molar-refractivity contribution is 7.15. The lowest BCUT2D eigenvalue weighted by atomic mass is 10.2. The number of carbonyl (C=O) groups is 1. The van der Waals surface area contributed by atoms with E-state index in [-0.39, 0.29) is 17.2 Å². The van der Waals surface area contributed by atoms with Crippen molar-refractivity contribution in [3.63, 3.8) is 0 Å². The molecule has 2 aromatic rings. The van der Waals surface area contributed by atoms with E-state index in [1.165, 1.54) is 35.6 Å². The molecule has 0 aliphatic carbocycles. The average molecular weight is 293 g/mol. The molecule has 0 unspecified atom stereocenters. The number of nitrogen functional groups attached to an aromatic ring is 1. The van der Waals surface area contributed by atoms with Crippen LogP contribution in [0, 0.1) is 10.1 Å². The molecule has 0 fully saturated rings. The number of rotatable bonds is 5. The molecule has 1 aromatic heterocycles. The van der Waals surface area contributed by atoms with Crippen molar-refractivity contribution in [2.45, 2.75) is 6.42 Å². The summed E-state index contributed by atoms with van der Waals surface area (Å²) in [4.78, 5) is 21.9. The first-order valence-corrected chi connectivity index (χ1v) is 6.48. The lowest BCUT2D eigenvalue weighted by Gasteiger charge is -2.03. The van der Waals surface area contributed by atoms with E-state index >= 15 is 0 Å². The molecule has 104 valence electrons. The van der Waals surface area contributed by atoms with Crippen molar-refractivity contribution in [1.82, 2.24) is 15.5 Å². The van der Waals surface area contributed by atoms with Gasteiger partial charge in [0.2, 0.25) is 5.13 Å². The highest BCUT2D eigenvalue weighted by Crippen LogP contribution is 2.13. The Kier molecular flexibility index (Phi) is 4.20. The van der Waals surface area contributed by atoms with Crippen LogP contribution in [0.2, 0.25) is 0 Å². The maximum absolute atomic E-state index is 11.8. The van der Waals surface area contributed by atoms with Crippen molar-refractivity contribution < 1.29 is 9.72 Å². The van der Waals surface area contributed by atoms with Crippen LogP contribution in [0.1, 0.15) is 15.4 Å². The fourth-order valence-electron chi connectivity index (χ4n) is 1.51. The second-order valence-corrected chi connectivity index (χ2v) is 4.94. The number of carbonyl (C=O) groups excluding carboxylic acids is 1. The maximum atomic E-state index is 11.8. The topological polar surface area (TPSA) is 124 Å². The molecule has 20 heavy (non-hydrogen) atoms. The van der Waals surface area contributed by atoms with E-state index in [1.807, 2.05) is 0 Å². The monoisotopic (exact) mass is 293 g/mol. The van der Waals surface area contributed by atoms with E-state index in [0.717, 1.165) is 5.01 Å². The van der Waals surface area contributed by atoms with E-state index < -0.39 is 4.92 Å². The molecule has 3 N–H and O–H groups in total. The predicted octanol–water partition coefficient (Wildman–Crippen LogP) is 1.00. The van der Waals surface area contributed by atoms with E-state index in [1.54, 1.807) is 0 Å². The number of hydrogen-bond donors (Lipinski definition) is 2. The number of nitro groups is 1. The zero-order chi connectivity index (χ0) is 14.5. The van der Waals surface area contributed by atoms with Crippen molar-refractivity contribution in [2.75, 3.05) is 12.3 Å². The second kappa shape index (κ2) is 6.06. The fraction of sp³-hybridized carbons (Fsp3) is 0.182. The number of nitro benzene ring substituents is 1. The molecule has 1 aromatic carbocycles. The van der Waals surface area contributed by atoms with Crippen molar-refractivity contribution in [3.8, 4) is 0 Å². The van der Waals surface area contributed by atoms with Crippen molar-refractivity contribution >= 4 is 28.1 Å². The van der Waals surface area contributed by atoms with Crippen LogP contribution >= 0.6 is 11.3 Å². The van der Waals surface area contributed by atoms with Gasteiger partial charge in [0.25, 0.3) is 11.6 Å². The van der Waals surface area contributed by atoms with Gasteiger partial charge in [-0.05, 0) is 6.07 Å². The van der Waals surface area contributed by atoms with Gasteiger partial charge in [0, 0.05) is 30.7 Å².